The number of aryl methyl sites for hydroxylation is 1. The Morgan fingerprint density at radius 3 is 2.47 bits per heavy atom. The molecule has 3 rings (SSSR count). The van der Waals surface area contributed by atoms with Gasteiger partial charge < -0.3 is 15.4 Å². The van der Waals surface area contributed by atoms with Crippen LogP contribution in [-0.2, 0) is 19.6 Å². The average Bonchev–Trinajstić information content (AvgIpc) is 2.80. The summed E-state index contributed by atoms with van der Waals surface area (Å²) < 4.78 is 33.0. The molecule has 9 heteroatoms. The van der Waals surface area contributed by atoms with E-state index in [0.717, 1.165) is 18.4 Å². The number of hydrogen-bond acceptors (Lipinski definition) is 5. The van der Waals surface area contributed by atoms with Crippen LogP contribution < -0.4 is 15.4 Å². The van der Waals surface area contributed by atoms with E-state index in [2.05, 4.69) is 10.6 Å². The second-order valence-electron chi connectivity index (χ2n) is 7.75. The number of hydrogen-bond donors (Lipinski definition) is 2. The van der Waals surface area contributed by atoms with Crippen molar-refractivity contribution < 1.29 is 22.7 Å². The van der Waals surface area contributed by atoms with Gasteiger partial charge in [0, 0.05) is 24.8 Å². The van der Waals surface area contributed by atoms with Crippen molar-refractivity contribution in [2.45, 2.75) is 43.5 Å². The summed E-state index contributed by atoms with van der Waals surface area (Å²) in [5.41, 5.74) is 1.44. The summed E-state index contributed by atoms with van der Waals surface area (Å²) in [6.07, 6.45) is 2.84. The highest BCUT2D eigenvalue weighted by molar-refractivity contribution is 7.89. The molecule has 32 heavy (non-hydrogen) atoms. The topological polar surface area (TPSA) is 105 Å². The van der Waals surface area contributed by atoms with Crippen LogP contribution in [0, 0.1) is 6.92 Å². The number of amides is 2. The van der Waals surface area contributed by atoms with E-state index in [0.29, 0.717) is 30.8 Å². The first-order valence-electron chi connectivity index (χ1n) is 10.6. The number of rotatable bonds is 7. The number of benzene rings is 2. The molecule has 172 valence electrons. The molecule has 1 heterocycles. The number of anilines is 1. The summed E-state index contributed by atoms with van der Waals surface area (Å²) in [6.45, 7) is 2.48. The van der Waals surface area contributed by atoms with E-state index >= 15 is 0 Å². The largest absolute Gasteiger partial charge is 0.497 e. The van der Waals surface area contributed by atoms with Gasteiger partial charge >= 0.3 is 11.8 Å². The van der Waals surface area contributed by atoms with E-state index in [1.165, 1.54) is 23.5 Å². The maximum atomic E-state index is 13.2. The second kappa shape index (κ2) is 10.6. The summed E-state index contributed by atoms with van der Waals surface area (Å²) in [4.78, 5) is 24.6. The third-order valence-corrected chi connectivity index (χ3v) is 7.57. The van der Waals surface area contributed by atoms with Gasteiger partial charge in [-0.25, -0.2) is 8.42 Å². The van der Waals surface area contributed by atoms with E-state index in [1.807, 2.05) is 19.1 Å². The van der Waals surface area contributed by atoms with Crippen molar-refractivity contribution in [1.82, 2.24) is 9.62 Å². The molecule has 0 bridgehead atoms. The molecular weight excluding hydrogens is 430 g/mol. The highest BCUT2D eigenvalue weighted by Gasteiger charge is 2.33. The summed E-state index contributed by atoms with van der Waals surface area (Å²) in [5, 5.41) is 5.20. The molecule has 2 aromatic rings. The van der Waals surface area contributed by atoms with Crippen molar-refractivity contribution in [3.8, 4) is 5.75 Å². The van der Waals surface area contributed by atoms with Crippen LogP contribution in [0.1, 0.15) is 31.2 Å². The van der Waals surface area contributed by atoms with Crippen LogP contribution in [0.3, 0.4) is 0 Å². The molecule has 2 N–H and O–H groups in total. The van der Waals surface area contributed by atoms with Crippen molar-refractivity contribution in [3.63, 3.8) is 0 Å². The lowest BCUT2D eigenvalue weighted by Gasteiger charge is -2.34. The molecule has 1 aliphatic rings. The Bertz CT molecular complexity index is 1050. The quantitative estimate of drug-likeness (QED) is 0.620. The second-order valence-corrected chi connectivity index (χ2v) is 9.65. The van der Waals surface area contributed by atoms with E-state index in [-0.39, 0.29) is 17.5 Å². The molecule has 2 amide bonds. The average molecular weight is 460 g/mol. The molecule has 0 aromatic heterocycles. The van der Waals surface area contributed by atoms with E-state index in [4.69, 9.17) is 4.74 Å². The van der Waals surface area contributed by atoms with Crippen LogP contribution in [0.25, 0.3) is 0 Å². The Labute approximate surface area is 189 Å². The predicted molar refractivity (Wildman–Crippen MR) is 122 cm³/mol. The number of nitrogens with zero attached hydrogens (tertiary/aromatic N) is 1. The SMILES string of the molecule is COc1ccc(S(=O)(=O)N2CCCC[C@@H]2CCNC(=O)C(=O)Nc2ccccc2C)cc1. The summed E-state index contributed by atoms with van der Waals surface area (Å²) in [7, 11) is -2.14. The molecule has 0 spiro atoms. The zero-order chi connectivity index (χ0) is 23.1. The van der Waals surface area contributed by atoms with Crippen LogP contribution in [-0.4, -0.2) is 50.8 Å². The lowest BCUT2D eigenvalue weighted by atomic mass is 10.0. The molecule has 0 aliphatic carbocycles. The van der Waals surface area contributed by atoms with Crippen LogP contribution in [0.2, 0.25) is 0 Å². The van der Waals surface area contributed by atoms with Crippen LogP contribution in [0.15, 0.2) is 53.4 Å². The highest BCUT2D eigenvalue weighted by atomic mass is 32.2. The fraction of sp³-hybridized carbons (Fsp3) is 0.391. The maximum absolute atomic E-state index is 13.2. The molecule has 1 aliphatic heterocycles. The summed E-state index contributed by atoms with van der Waals surface area (Å²) in [6, 6.07) is 13.3. The van der Waals surface area contributed by atoms with Crippen molar-refractivity contribution in [2.24, 2.45) is 0 Å². The molecular formula is C23H29N3O5S. The van der Waals surface area contributed by atoms with Gasteiger partial charge in [-0.2, -0.15) is 4.31 Å². The molecule has 0 saturated carbocycles. The van der Waals surface area contributed by atoms with Gasteiger partial charge in [0.1, 0.15) is 5.75 Å². The molecule has 1 saturated heterocycles. The van der Waals surface area contributed by atoms with Crippen molar-refractivity contribution in [1.29, 1.82) is 0 Å². The lowest BCUT2D eigenvalue weighted by molar-refractivity contribution is -0.136. The third kappa shape index (κ3) is 5.66. The number of piperidine rings is 1. The molecule has 0 unspecified atom stereocenters. The van der Waals surface area contributed by atoms with E-state index < -0.39 is 21.8 Å². The Morgan fingerprint density at radius 1 is 1.06 bits per heavy atom. The number of carbonyl (C=O) groups is 2. The number of para-hydroxylation sites is 1. The van der Waals surface area contributed by atoms with Gasteiger partial charge in [0.05, 0.1) is 12.0 Å². The molecule has 8 nitrogen and oxygen atoms in total. The van der Waals surface area contributed by atoms with Crippen molar-refractivity contribution in [2.75, 3.05) is 25.5 Å². The number of carbonyl (C=O) groups excluding carboxylic acids is 2. The Balaban J connectivity index is 1.58. The summed E-state index contributed by atoms with van der Waals surface area (Å²) >= 11 is 0. The first kappa shape index (κ1) is 23.7. The Kier molecular flexibility index (Phi) is 7.87. The number of methoxy groups -OCH3 is 1. The fourth-order valence-corrected chi connectivity index (χ4v) is 5.51. The van der Waals surface area contributed by atoms with Gasteiger partial charge in [-0.05, 0) is 62.1 Å². The normalized spacial score (nSPS) is 16.9. The smallest absolute Gasteiger partial charge is 0.313 e. The van der Waals surface area contributed by atoms with Gasteiger partial charge in [0.15, 0.2) is 0 Å². The number of sulfonamides is 1. The van der Waals surface area contributed by atoms with Crippen LogP contribution in [0.5, 0.6) is 5.75 Å². The monoisotopic (exact) mass is 459 g/mol. The third-order valence-electron chi connectivity index (χ3n) is 5.60. The van der Waals surface area contributed by atoms with E-state index in [9.17, 15) is 18.0 Å². The van der Waals surface area contributed by atoms with Gasteiger partial charge in [0.2, 0.25) is 10.0 Å². The van der Waals surface area contributed by atoms with Gasteiger partial charge in [-0.3, -0.25) is 9.59 Å². The zero-order valence-corrected chi connectivity index (χ0v) is 19.2. The molecule has 1 fully saturated rings. The minimum atomic E-state index is -3.66. The van der Waals surface area contributed by atoms with E-state index in [1.54, 1.807) is 24.3 Å². The highest BCUT2D eigenvalue weighted by Crippen LogP contribution is 2.28. The van der Waals surface area contributed by atoms with Gasteiger partial charge in [-0.15, -0.1) is 0 Å². The van der Waals surface area contributed by atoms with Crippen LogP contribution >= 0.6 is 0 Å². The molecule has 0 radical (unpaired) electrons. The van der Waals surface area contributed by atoms with Crippen molar-refractivity contribution in [3.05, 3.63) is 54.1 Å². The first-order valence-corrected chi connectivity index (χ1v) is 12.1. The number of nitrogens with one attached hydrogen (secondary N) is 2. The Morgan fingerprint density at radius 2 is 1.78 bits per heavy atom. The van der Waals surface area contributed by atoms with Gasteiger partial charge in [0.25, 0.3) is 0 Å². The minimum absolute atomic E-state index is 0.208. The standard InChI is InChI=1S/C23H29N3O5S/c1-17-7-3-4-9-21(17)25-23(28)22(27)24-15-14-18-8-5-6-16-26(18)32(29,30)20-12-10-19(31-2)11-13-20/h3-4,7,9-13,18H,5-6,8,14-16H2,1-2H3,(H,24,27)(H,25,28)/t18-/m1/s1. The minimum Gasteiger partial charge on any atom is -0.497 e. The predicted octanol–water partition coefficient (Wildman–Crippen LogP) is 2.69. The molecule has 1 atom stereocenters. The van der Waals surface area contributed by atoms with Gasteiger partial charge in [-0.1, -0.05) is 24.6 Å². The fourth-order valence-electron chi connectivity index (χ4n) is 3.79. The maximum Gasteiger partial charge on any atom is 0.313 e. The van der Waals surface area contributed by atoms with Crippen molar-refractivity contribution >= 4 is 27.5 Å². The zero-order valence-electron chi connectivity index (χ0n) is 18.3. The lowest BCUT2D eigenvalue weighted by Crippen LogP contribution is -2.45. The summed E-state index contributed by atoms with van der Waals surface area (Å²) in [5.74, 6) is -0.898. The molecule has 2 aromatic carbocycles. The Hall–Kier alpha value is -2.91. The number of ether oxygens (including phenoxy) is 1. The first-order chi connectivity index (χ1) is 15.3. The van der Waals surface area contributed by atoms with Crippen LogP contribution in [0.4, 0.5) is 5.69 Å².